The molecule has 25 heavy (non-hydrogen) atoms. The van der Waals surface area contributed by atoms with Crippen LogP contribution < -0.4 is 20.3 Å². The van der Waals surface area contributed by atoms with E-state index in [2.05, 4.69) is 20.4 Å². The predicted molar refractivity (Wildman–Crippen MR) is 98.0 cm³/mol. The molecule has 7 heteroatoms. The molecule has 1 heterocycles. The van der Waals surface area contributed by atoms with E-state index in [0.29, 0.717) is 12.5 Å². The number of nitrogens with zero attached hydrogens (tertiary/aromatic N) is 2. The summed E-state index contributed by atoms with van der Waals surface area (Å²) in [7, 11) is 1.67. The fraction of sp³-hybridized carbons (Fsp3) is 0.556. The molecule has 7 nitrogen and oxygen atoms in total. The number of anilines is 1. The average Bonchev–Trinajstić information content (AvgIpc) is 2.60. The van der Waals surface area contributed by atoms with Crippen LogP contribution in [0.4, 0.5) is 10.5 Å². The number of hydrogen-bond donors (Lipinski definition) is 2. The van der Waals surface area contributed by atoms with Gasteiger partial charge in [-0.2, -0.15) is 0 Å². The van der Waals surface area contributed by atoms with Gasteiger partial charge >= 0.3 is 6.03 Å². The topological polar surface area (TPSA) is 73.9 Å². The third-order valence-corrected chi connectivity index (χ3v) is 4.09. The van der Waals surface area contributed by atoms with Crippen LogP contribution in [0.15, 0.2) is 24.3 Å². The van der Waals surface area contributed by atoms with Crippen molar-refractivity contribution in [1.82, 2.24) is 15.5 Å². The van der Waals surface area contributed by atoms with E-state index in [1.165, 1.54) is 0 Å². The molecule has 1 aliphatic rings. The molecule has 0 saturated carbocycles. The van der Waals surface area contributed by atoms with Crippen LogP contribution in [0.5, 0.6) is 5.75 Å². The van der Waals surface area contributed by atoms with E-state index in [4.69, 9.17) is 4.74 Å². The van der Waals surface area contributed by atoms with Crippen molar-refractivity contribution in [3.8, 4) is 5.75 Å². The minimum Gasteiger partial charge on any atom is -0.495 e. The summed E-state index contributed by atoms with van der Waals surface area (Å²) in [5.74, 6) is 0.937. The molecule has 1 aromatic rings. The fourth-order valence-electron chi connectivity index (χ4n) is 2.75. The lowest BCUT2D eigenvalue weighted by molar-refractivity contribution is -0.121. The summed E-state index contributed by atoms with van der Waals surface area (Å²) in [5, 5.41) is 5.06. The number of carbonyl (C=O) groups excluding carboxylic acids is 2. The SMILES string of the molecule is COc1ccccc1N1CCN(CC(=O)NC(=O)NCC(C)C)CC1. The summed E-state index contributed by atoms with van der Waals surface area (Å²) in [5.41, 5.74) is 1.07. The van der Waals surface area contributed by atoms with Gasteiger partial charge < -0.3 is 15.0 Å². The molecule has 1 aromatic carbocycles. The number of benzene rings is 1. The van der Waals surface area contributed by atoms with Crippen molar-refractivity contribution in [1.29, 1.82) is 0 Å². The van der Waals surface area contributed by atoms with Gasteiger partial charge in [0.1, 0.15) is 5.75 Å². The number of hydrogen-bond acceptors (Lipinski definition) is 5. The van der Waals surface area contributed by atoms with Gasteiger partial charge in [-0.3, -0.25) is 15.0 Å². The molecule has 0 unspecified atom stereocenters. The Balaban J connectivity index is 1.76. The number of amides is 3. The standard InChI is InChI=1S/C18H28N4O3/c1-14(2)12-19-18(24)20-17(23)13-21-8-10-22(11-9-21)15-6-4-5-7-16(15)25-3/h4-7,14H,8-13H2,1-3H3,(H2,19,20,23,24). The number of ether oxygens (including phenoxy) is 1. The lowest BCUT2D eigenvalue weighted by atomic mass is 10.2. The van der Waals surface area contributed by atoms with E-state index in [0.717, 1.165) is 37.6 Å². The molecule has 0 spiro atoms. The molecule has 1 saturated heterocycles. The molecule has 0 bridgehead atoms. The van der Waals surface area contributed by atoms with Gasteiger partial charge in [-0.25, -0.2) is 4.79 Å². The van der Waals surface area contributed by atoms with Crippen molar-refractivity contribution in [2.75, 3.05) is 51.3 Å². The maximum absolute atomic E-state index is 12.0. The van der Waals surface area contributed by atoms with Gasteiger partial charge in [0.2, 0.25) is 5.91 Å². The Morgan fingerprint density at radius 1 is 1.16 bits per heavy atom. The summed E-state index contributed by atoms with van der Waals surface area (Å²) >= 11 is 0. The monoisotopic (exact) mass is 348 g/mol. The van der Waals surface area contributed by atoms with Crippen molar-refractivity contribution in [2.45, 2.75) is 13.8 Å². The molecule has 0 radical (unpaired) electrons. The van der Waals surface area contributed by atoms with Crippen LogP contribution in [-0.4, -0.2) is 63.2 Å². The minimum absolute atomic E-state index is 0.231. The second-order valence-electron chi connectivity index (χ2n) is 6.59. The first-order chi connectivity index (χ1) is 12.0. The highest BCUT2D eigenvalue weighted by atomic mass is 16.5. The summed E-state index contributed by atoms with van der Waals surface area (Å²) in [4.78, 5) is 27.9. The third kappa shape index (κ3) is 5.94. The van der Waals surface area contributed by atoms with E-state index in [-0.39, 0.29) is 12.5 Å². The van der Waals surface area contributed by atoms with E-state index < -0.39 is 6.03 Å². The zero-order valence-corrected chi connectivity index (χ0v) is 15.2. The Labute approximate surface area is 149 Å². The molecule has 0 atom stereocenters. The van der Waals surface area contributed by atoms with Crippen molar-refractivity contribution in [3.63, 3.8) is 0 Å². The largest absolute Gasteiger partial charge is 0.495 e. The van der Waals surface area contributed by atoms with Crippen LogP contribution in [0.3, 0.4) is 0 Å². The van der Waals surface area contributed by atoms with E-state index >= 15 is 0 Å². The van der Waals surface area contributed by atoms with Crippen molar-refractivity contribution >= 4 is 17.6 Å². The normalized spacial score (nSPS) is 15.1. The maximum atomic E-state index is 12.0. The summed E-state index contributed by atoms with van der Waals surface area (Å²) < 4.78 is 5.41. The zero-order valence-electron chi connectivity index (χ0n) is 15.2. The Hall–Kier alpha value is -2.28. The second-order valence-corrected chi connectivity index (χ2v) is 6.59. The highest BCUT2D eigenvalue weighted by molar-refractivity contribution is 5.95. The first kappa shape index (κ1) is 19.1. The highest BCUT2D eigenvalue weighted by Crippen LogP contribution is 2.28. The number of para-hydroxylation sites is 2. The molecule has 3 amide bonds. The number of piperazine rings is 1. The number of methoxy groups -OCH3 is 1. The average molecular weight is 348 g/mol. The smallest absolute Gasteiger partial charge is 0.321 e. The van der Waals surface area contributed by atoms with Gasteiger partial charge in [-0.1, -0.05) is 26.0 Å². The molecular formula is C18H28N4O3. The van der Waals surface area contributed by atoms with Crippen molar-refractivity contribution in [3.05, 3.63) is 24.3 Å². The second kappa shape index (κ2) is 9.27. The summed E-state index contributed by atoms with van der Waals surface area (Å²) in [6, 6.07) is 7.51. The lowest BCUT2D eigenvalue weighted by Crippen LogP contribution is -2.51. The number of rotatable bonds is 6. The molecule has 2 N–H and O–H groups in total. The molecule has 1 fully saturated rings. The van der Waals surface area contributed by atoms with Crippen LogP contribution in [0.2, 0.25) is 0 Å². The fourth-order valence-corrected chi connectivity index (χ4v) is 2.75. The molecule has 138 valence electrons. The van der Waals surface area contributed by atoms with Gasteiger partial charge in [0.05, 0.1) is 19.3 Å². The number of imide groups is 1. The van der Waals surface area contributed by atoms with Gasteiger partial charge in [-0.05, 0) is 18.1 Å². The Bertz CT molecular complexity index is 583. The van der Waals surface area contributed by atoms with Crippen LogP contribution >= 0.6 is 0 Å². The van der Waals surface area contributed by atoms with Gasteiger partial charge in [-0.15, -0.1) is 0 Å². The predicted octanol–water partition coefficient (Wildman–Crippen LogP) is 1.30. The van der Waals surface area contributed by atoms with Crippen LogP contribution in [0, 0.1) is 5.92 Å². The molecular weight excluding hydrogens is 320 g/mol. The van der Waals surface area contributed by atoms with Gasteiger partial charge in [0.15, 0.2) is 0 Å². The molecule has 0 aromatic heterocycles. The van der Waals surface area contributed by atoms with Crippen LogP contribution in [0.1, 0.15) is 13.8 Å². The Morgan fingerprint density at radius 3 is 2.48 bits per heavy atom. The van der Waals surface area contributed by atoms with Gasteiger partial charge in [0, 0.05) is 32.7 Å². The van der Waals surface area contributed by atoms with Gasteiger partial charge in [0.25, 0.3) is 0 Å². The van der Waals surface area contributed by atoms with E-state index in [1.807, 2.05) is 38.1 Å². The Morgan fingerprint density at radius 2 is 1.84 bits per heavy atom. The highest BCUT2D eigenvalue weighted by Gasteiger charge is 2.21. The number of carbonyl (C=O) groups is 2. The third-order valence-electron chi connectivity index (χ3n) is 4.09. The van der Waals surface area contributed by atoms with Crippen molar-refractivity contribution < 1.29 is 14.3 Å². The van der Waals surface area contributed by atoms with Crippen LogP contribution in [0.25, 0.3) is 0 Å². The maximum Gasteiger partial charge on any atom is 0.321 e. The number of urea groups is 1. The van der Waals surface area contributed by atoms with E-state index in [9.17, 15) is 9.59 Å². The van der Waals surface area contributed by atoms with Crippen molar-refractivity contribution in [2.24, 2.45) is 5.92 Å². The summed E-state index contributed by atoms with van der Waals surface area (Å²) in [6.07, 6.45) is 0. The molecule has 1 aliphatic heterocycles. The first-order valence-corrected chi connectivity index (χ1v) is 8.67. The number of nitrogens with one attached hydrogen (secondary N) is 2. The van der Waals surface area contributed by atoms with E-state index in [1.54, 1.807) is 7.11 Å². The quantitative estimate of drug-likeness (QED) is 0.811. The summed E-state index contributed by atoms with van der Waals surface area (Å²) in [6.45, 7) is 7.94. The molecule has 2 rings (SSSR count). The zero-order chi connectivity index (χ0) is 18.2. The minimum atomic E-state index is -0.425. The molecule has 0 aliphatic carbocycles. The lowest BCUT2D eigenvalue weighted by Gasteiger charge is -2.36. The first-order valence-electron chi connectivity index (χ1n) is 8.67. The Kier molecular flexibility index (Phi) is 7.06. The van der Waals surface area contributed by atoms with Crippen LogP contribution in [-0.2, 0) is 4.79 Å².